The molecule has 1 amide bonds. The molecule has 31 heavy (non-hydrogen) atoms. The fraction of sp³-hybridized carbons (Fsp3) is 0.217. The lowest BCUT2D eigenvalue weighted by atomic mass is 10.2. The Bertz CT molecular complexity index is 1140. The molecule has 0 saturated heterocycles. The molecule has 0 radical (unpaired) electrons. The Kier molecular flexibility index (Phi) is 6.91. The number of ether oxygens (including phenoxy) is 1. The van der Waals surface area contributed by atoms with E-state index in [-0.39, 0.29) is 17.3 Å². The first-order valence-corrected chi connectivity index (χ1v) is 11.3. The summed E-state index contributed by atoms with van der Waals surface area (Å²) in [5.41, 5.74) is 2.64. The van der Waals surface area contributed by atoms with Gasteiger partial charge in [-0.15, -0.1) is 0 Å². The summed E-state index contributed by atoms with van der Waals surface area (Å²) >= 11 is 0. The number of hydrogen-bond donors (Lipinski definition) is 1. The Morgan fingerprint density at radius 3 is 2.39 bits per heavy atom. The minimum Gasteiger partial charge on any atom is -0.478 e. The van der Waals surface area contributed by atoms with Crippen LogP contribution in [0.2, 0.25) is 0 Å². The summed E-state index contributed by atoms with van der Waals surface area (Å²) in [4.78, 5) is 16.9. The number of hydrogen-bond acceptors (Lipinski definition) is 5. The number of nitrogens with one attached hydrogen (secondary N) is 1. The zero-order valence-electron chi connectivity index (χ0n) is 17.7. The van der Waals surface area contributed by atoms with Gasteiger partial charge in [0.1, 0.15) is 0 Å². The van der Waals surface area contributed by atoms with Crippen LogP contribution in [0.25, 0.3) is 0 Å². The minimum absolute atomic E-state index is 0.212. The molecule has 1 aromatic heterocycles. The van der Waals surface area contributed by atoms with E-state index < -0.39 is 10.0 Å². The van der Waals surface area contributed by atoms with E-state index in [2.05, 4.69) is 10.3 Å². The van der Waals surface area contributed by atoms with Crippen molar-refractivity contribution in [2.45, 2.75) is 25.3 Å². The Morgan fingerprint density at radius 1 is 1.06 bits per heavy atom. The molecule has 0 bridgehead atoms. The molecular weight excluding hydrogens is 414 g/mol. The van der Waals surface area contributed by atoms with E-state index in [4.69, 9.17) is 4.74 Å². The maximum atomic E-state index is 12.8. The molecule has 3 rings (SSSR count). The van der Waals surface area contributed by atoms with Gasteiger partial charge in [-0.05, 0) is 56.3 Å². The predicted molar refractivity (Wildman–Crippen MR) is 120 cm³/mol. The molecule has 0 spiro atoms. The second-order valence-electron chi connectivity index (χ2n) is 6.92. The average molecular weight is 440 g/mol. The number of benzene rings is 2. The second-order valence-corrected chi connectivity index (χ2v) is 8.89. The number of sulfonamides is 1. The van der Waals surface area contributed by atoms with Crippen molar-refractivity contribution in [3.05, 3.63) is 83.6 Å². The normalized spacial score (nSPS) is 11.1. The number of carbonyl (C=O) groups excluding carboxylic acids is 1. The lowest BCUT2D eigenvalue weighted by Crippen LogP contribution is -2.27. The Balaban J connectivity index is 1.69. The van der Waals surface area contributed by atoms with Gasteiger partial charge >= 0.3 is 0 Å². The summed E-state index contributed by atoms with van der Waals surface area (Å²) in [6, 6.07) is 16.7. The smallest absolute Gasteiger partial charge is 0.264 e. The number of amides is 1. The monoisotopic (exact) mass is 439 g/mol. The minimum atomic E-state index is -3.69. The van der Waals surface area contributed by atoms with Crippen LogP contribution in [0.4, 0.5) is 5.69 Å². The maximum absolute atomic E-state index is 12.8. The van der Waals surface area contributed by atoms with Crippen molar-refractivity contribution in [3.63, 3.8) is 0 Å². The highest BCUT2D eigenvalue weighted by Crippen LogP contribution is 2.23. The van der Waals surface area contributed by atoms with E-state index in [9.17, 15) is 13.2 Å². The number of nitrogens with zero attached hydrogens (tertiary/aromatic N) is 2. The molecular formula is C23H25N3O4S. The Hall–Kier alpha value is -3.39. The zero-order valence-corrected chi connectivity index (χ0v) is 18.5. The predicted octanol–water partition coefficient (Wildman–Crippen LogP) is 3.54. The average Bonchev–Trinajstić information content (AvgIpc) is 2.78. The van der Waals surface area contributed by atoms with Crippen molar-refractivity contribution in [2.24, 2.45) is 0 Å². The quantitative estimate of drug-likeness (QED) is 0.580. The van der Waals surface area contributed by atoms with Gasteiger partial charge in [-0.2, -0.15) is 0 Å². The van der Waals surface area contributed by atoms with Crippen LogP contribution < -0.4 is 14.4 Å². The summed E-state index contributed by atoms with van der Waals surface area (Å²) in [5.74, 6) is 0.213. The van der Waals surface area contributed by atoms with Crippen molar-refractivity contribution in [3.8, 4) is 5.88 Å². The fourth-order valence-corrected chi connectivity index (χ4v) is 4.13. The highest BCUT2D eigenvalue weighted by molar-refractivity contribution is 7.92. The molecule has 7 nitrogen and oxygen atoms in total. The zero-order chi connectivity index (χ0) is 22.4. The van der Waals surface area contributed by atoms with E-state index in [1.54, 1.807) is 60.8 Å². The molecule has 0 atom stereocenters. The third-order valence-electron chi connectivity index (χ3n) is 4.74. The van der Waals surface area contributed by atoms with Crippen molar-refractivity contribution in [1.82, 2.24) is 10.3 Å². The molecule has 8 heteroatoms. The first-order valence-electron chi connectivity index (χ1n) is 9.83. The van der Waals surface area contributed by atoms with Crippen LogP contribution in [0.5, 0.6) is 5.88 Å². The molecule has 0 aliphatic heterocycles. The SMILES string of the molecule is CCOc1ncccc1CNC(=O)c1ccc(N(C)S(=O)(=O)c2ccc(C)cc2)cc1. The first kappa shape index (κ1) is 22.3. The maximum Gasteiger partial charge on any atom is 0.264 e. The Morgan fingerprint density at radius 2 is 1.74 bits per heavy atom. The van der Waals surface area contributed by atoms with Crippen LogP contribution in [0.1, 0.15) is 28.4 Å². The Labute approximate surface area is 182 Å². The summed E-state index contributed by atoms with van der Waals surface area (Å²) in [6.45, 7) is 4.52. The van der Waals surface area contributed by atoms with Crippen molar-refractivity contribution < 1.29 is 17.9 Å². The second kappa shape index (κ2) is 9.61. The van der Waals surface area contributed by atoms with Gasteiger partial charge in [-0.25, -0.2) is 13.4 Å². The van der Waals surface area contributed by atoms with Crippen molar-refractivity contribution in [1.29, 1.82) is 0 Å². The van der Waals surface area contributed by atoms with Crippen LogP contribution in [0.15, 0.2) is 71.8 Å². The van der Waals surface area contributed by atoms with Gasteiger partial charge in [-0.3, -0.25) is 9.10 Å². The highest BCUT2D eigenvalue weighted by atomic mass is 32.2. The molecule has 0 aliphatic carbocycles. The van der Waals surface area contributed by atoms with Crippen molar-refractivity contribution >= 4 is 21.6 Å². The van der Waals surface area contributed by atoms with Crippen LogP contribution in [-0.2, 0) is 16.6 Å². The summed E-state index contributed by atoms with van der Waals surface area (Å²) in [6.07, 6.45) is 1.64. The van der Waals surface area contributed by atoms with Crippen LogP contribution in [0.3, 0.4) is 0 Å². The lowest BCUT2D eigenvalue weighted by molar-refractivity contribution is 0.0950. The van der Waals surface area contributed by atoms with Gasteiger partial charge in [0.15, 0.2) is 0 Å². The van der Waals surface area contributed by atoms with Gasteiger partial charge in [-0.1, -0.05) is 23.8 Å². The third-order valence-corrected chi connectivity index (χ3v) is 6.54. The number of anilines is 1. The summed E-state index contributed by atoms with van der Waals surface area (Å²) in [5, 5.41) is 2.83. The molecule has 0 aliphatic rings. The topological polar surface area (TPSA) is 88.6 Å². The molecule has 0 unspecified atom stereocenters. The lowest BCUT2D eigenvalue weighted by Gasteiger charge is -2.20. The number of pyridine rings is 1. The number of aryl methyl sites for hydroxylation is 1. The van der Waals surface area contributed by atoms with Gasteiger partial charge in [0.25, 0.3) is 15.9 Å². The van der Waals surface area contributed by atoms with E-state index in [1.165, 1.54) is 11.4 Å². The van der Waals surface area contributed by atoms with E-state index >= 15 is 0 Å². The molecule has 0 fully saturated rings. The fourth-order valence-electron chi connectivity index (χ4n) is 2.93. The highest BCUT2D eigenvalue weighted by Gasteiger charge is 2.21. The van der Waals surface area contributed by atoms with E-state index in [0.29, 0.717) is 23.7 Å². The van der Waals surface area contributed by atoms with Crippen LogP contribution in [-0.4, -0.2) is 33.0 Å². The third kappa shape index (κ3) is 5.21. The molecule has 3 aromatic rings. The van der Waals surface area contributed by atoms with Gasteiger partial charge < -0.3 is 10.1 Å². The van der Waals surface area contributed by atoms with Crippen LogP contribution in [0, 0.1) is 6.92 Å². The van der Waals surface area contributed by atoms with Crippen molar-refractivity contribution in [2.75, 3.05) is 18.0 Å². The summed E-state index contributed by atoms with van der Waals surface area (Å²) in [7, 11) is -2.20. The number of carbonyl (C=O) groups is 1. The van der Waals surface area contributed by atoms with Gasteiger partial charge in [0, 0.05) is 30.9 Å². The van der Waals surface area contributed by atoms with Crippen LogP contribution >= 0.6 is 0 Å². The van der Waals surface area contributed by atoms with Gasteiger partial charge in [0.2, 0.25) is 5.88 Å². The van der Waals surface area contributed by atoms with Gasteiger partial charge in [0.05, 0.1) is 17.2 Å². The molecule has 1 heterocycles. The van der Waals surface area contributed by atoms with E-state index in [0.717, 1.165) is 11.1 Å². The molecule has 0 saturated carbocycles. The molecule has 2 aromatic carbocycles. The molecule has 1 N–H and O–H groups in total. The summed E-state index contributed by atoms with van der Waals surface area (Å²) < 4.78 is 32.3. The largest absolute Gasteiger partial charge is 0.478 e. The standard InChI is InChI=1S/C23H25N3O4S/c1-4-30-23-19(6-5-15-24-23)16-25-22(27)18-9-11-20(12-10-18)26(3)31(28,29)21-13-7-17(2)8-14-21/h5-15H,4,16H2,1-3H3,(H,25,27). The molecule has 162 valence electrons. The van der Waals surface area contributed by atoms with E-state index in [1.807, 2.05) is 19.9 Å². The number of rotatable bonds is 8. The number of aromatic nitrogens is 1. The first-order chi connectivity index (χ1) is 14.8.